The van der Waals surface area contributed by atoms with E-state index < -0.39 is 0 Å². The number of esters is 1. The second-order valence-electron chi connectivity index (χ2n) is 8.82. The van der Waals surface area contributed by atoms with Crippen LogP contribution in [0.15, 0.2) is 39.8 Å². The summed E-state index contributed by atoms with van der Waals surface area (Å²) < 4.78 is 5.11. The van der Waals surface area contributed by atoms with E-state index in [2.05, 4.69) is 32.6 Å². The monoisotopic (exact) mass is 439 g/mol. The fourth-order valence-electron chi connectivity index (χ4n) is 5.01. The first-order valence-corrected chi connectivity index (χ1v) is 10.9. The highest BCUT2D eigenvalue weighted by molar-refractivity contribution is 5.94. The van der Waals surface area contributed by atoms with E-state index in [1.54, 1.807) is 11.8 Å². The standard InChI is InChI=1S/C22H29N7O3/c1-15-18(13-32-20(15)30)29-10-9-22(21(29)31)7-5-17(6-8-22)28(2)12-16-3-4-19(24-11-16)27-26-14-25-23/h3-4,11,14,17,23H,5-10,12-13H2,1-2H3,(H,24,27)/b25-23?,26-14-/t17-,22-. The Kier molecular flexibility index (Phi) is 6.31. The van der Waals surface area contributed by atoms with Crippen molar-refractivity contribution in [2.24, 2.45) is 15.6 Å². The third-order valence-corrected chi connectivity index (χ3v) is 7.00. The van der Waals surface area contributed by atoms with Crippen LogP contribution in [-0.4, -0.2) is 59.2 Å². The lowest BCUT2D eigenvalue weighted by Gasteiger charge is -2.39. The lowest BCUT2D eigenvalue weighted by atomic mass is 9.71. The predicted molar refractivity (Wildman–Crippen MR) is 118 cm³/mol. The number of carbonyl (C=O) groups is 2. The van der Waals surface area contributed by atoms with Gasteiger partial charge in [-0.2, -0.15) is 5.10 Å². The van der Waals surface area contributed by atoms with Crippen molar-refractivity contribution in [1.82, 2.24) is 14.8 Å². The highest BCUT2D eigenvalue weighted by atomic mass is 16.5. The lowest BCUT2D eigenvalue weighted by molar-refractivity contribution is -0.138. The number of hydrazone groups is 1. The van der Waals surface area contributed by atoms with Crippen molar-refractivity contribution in [3.8, 4) is 0 Å². The molecule has 2 aliphatic heterocycles. The molecule has 10 heteroatoms. The van der Waals surface area contributed by atoms with Crippen LogP contribution in [-0.2, 0) is 20.9 Å². The number of pyridine rings is 1. The van der Waals surface area contributed by atoms with Gasteiger partial charge in [0.25, 0.3) is 0 Å². The van der Waals surface area contributed by atoms with Gasteiger partial charge in [-0.1, -0.05) is 6.07 Å². The minimum absolute atomic E-state index is 0.166. The number of cyclic esters (lactones) is 1. The molecule has 1 aromatic heterocycles. The zero-order chi connectivity index (χ0) is 22.7. The van der Waals surface area contributed by atoms with Crippen LogP contribution >= 0.6 is 0 Å². The third kappa shape index (κ3) is 4.27. The van der Waals surface area contributed by atoms with Crippen LogP contribution in [0.25, 0.3) is 0 Å². The first-order chi connectivity index (χ1) is 15.4. The minimum atomic E-state index is -0.312. The molecule has 0 bridgehead atoms. The summed E-state index contributed by atoms with van der Waals surface area (Å²) in [4.78, 5) is 33.5. The van der Waals surface area contributed by atoms with Gasteiger partial charge in [-0.3, -0.25) is 15.1 Å². The quantitative estimate of drug-likeness (QED) is 0.221. The molecule has 1 saturated heterocycles. The second-order valence-corrected chi connectivity index (χ2v) is 8.82. The molecule has 1 aliphatic carbocycles. The fourth-order valence-corrected chi connectivity index (χ4v) is 5.01. The Morgan fingerprint density at radius 2 is 2.12 bits per heavy atom. The van der Waals surface area contributed by atoms with E-state index >= 15 is 0 Å². The molecule has 1 aromatic rings. The number of hydrogen-bond acceptors (Lipinski definition) is 8. The molecule has 1 spiro atoms. The molecule has 1 saturated carbocycles. The Morgan fingerprint density at radius 3 is 2.75 bits per heavy atom. The largest absolute Gasteiger partial charge is 0.456 e. The normalized spacial score (nSPS) is 26.0. The summed E-state index contributed by atoms with van der Waals surface area (Å²) >= 11 is 0. The number of likely N-dealkylation sites (tertiary alicyclic amines) is 1. The van der Waals surface area contributed by atoms with Gasteiger partial charge >= 0.3 is 5.97 Å². The third-order valence-electron chi connectivity index (χ3n) is 7.00. The van der Waals surface area contributed by atoms with Gasteiger partial charge in [0, 0.05) is 25.3 Å². The maximum atomic E-state index is 13.3. The van der Waals surface area contributed by atoms with Gasteiger partial charge in [-0.05, 0) is 57.7 Å². The maximum Gasteiger partial charge on any atom is 0.336 e. The van der Waals surface area contributed by atoms with E-state index in [-0.39, 0.29) is 23.9 Å². The fraction of sp³-hybridized carbons (Fsp3) is 0.545. The summed E-state index contributed by atoms with van der Waals surface area (Å²) in [5, 5.41) is 6.78. The Hall–Kier alpha value is -3.14. The molecule has 2 N–H and O–H groups in total. The minimum Gasteiger partial charge on any atom is -0.456 e. The Bertz CT molecular complexity index is 949. The van der Waals surface area contributed by atoms with Crippen LogP contribution in [0.3, 0.4) is 0 Å². The van der Waals surface area contributed by atoms with Crippen molar-refractivity contribution >= 4 is 24.0 Å². The van der Waals surface area contributed by atoms with Crippen LogP contribution in [0.5, 0.6) is 0 Å². The molecule has 32 heavy (non-hydrogen) atoms. The van der Waals surface area contributed by atoms with Gasteiger partial charge in [0.05, 0.1) is 16.7 Å². The first kappa shape index (κ1) is 22.1. The summed E-state index contributed by atoms with van der Waals surface area (Å²) in [6.07, 6.45) is 7.46. The maximum absolute atomic E-state index is 13.3. The SMILES string of the molecule is CC1=C(N2CC[C@]3(CC[C@@H](N(C)Cc4ccc(N/N=C\N=N)nc4)CC3)C2=O)COC1=O. The molecule has 0 unspecified atom stereocenters. The molecule has 10 nitrogen and oxygen atoms in total. The van der Waals surface area contributed by atoms with E-state index in [0.29, 0.717) is 24.0 Å². The van der Waals surface area contributed by atoms with E-state index in [1.807, 2.05) is 18.3 Å². The van der Waals surface area contributed by atoms with E-state index in [1.165, 1.54) is 0 Å². The zero-order valence-electron chi connectivity index (χ0n) is 18.5. The highest BCUT2D eigenvalue weighted by Crippen LogP contribution is 2.47. The molecule has 0 radical (unpaired) electrons. The number of rotatable bonds is 7. The summed E-state index contributed by atoms with van der Waals surface area (Å²) in [6, 6.07) is 4.27. The van der Waals surface area contributed by atoms with Gasteiger partial charge < -0.3 is 9.64 Å². The Balaban J connectivity index is 1.32. The summed E-state index contributed by atoms with van der Waals surface area (Å²) in [7, 11) is 2.12. The molecular weight excluding hydrogens is 410 g/mol. The average molecular weight is 440 g/mol. The first-order valence-electron chi connectivity index (χ1n) is 10.9. The molecule has 0 aromatic carbocycles. The molecule has 0 atom stereocenters. The molecule has 3 aliphatic rings. The number of carbonyl (C=O) groups excluding carboxylic acids is 2. The second kappa shape index (κ2) is 9.15. The van der Waals surface area contributed by atoms with E-state index in [9.17, 15) is 9.59 Å². The molecule has 4 rings (SSSR count). The van der Waals surface area contributed by atoms with Crippen molar-refractivity contribution in [1.29, 1.82) is 5.53 Å². The number of aromatic nitrogens is 1. The van der Waals surface area contributed by atoms with Gasteiger partial charge in [-0.15, -0.1) is 5.11 Å². The van der Waals surface area contributed by atoms with Crippen LogP contribution < -0.4 is 5.43 Å². The van der Waals surface area contributed by atoms with Gasteiger partial charge in [0.15, 0.2) is 6.34 Å². The van der Waals surface area contributed by atoms with E-state index in [0.717, 1.165) is 56.2 Å². The van der Waals surface area contributed by atoms with E-state index in [4.69, 9.17) is 10.3 Å². The van der Waals surface area contributed by atoms with Gasteiger partial charge in [0.2, 0.25) is 5.91 Å². The van der Waals surface area contributed by atoms with Gasteiger partial charge in [-0.25, -0.2) is 15.3 Å². The summed E-state index contributed by atoms with van der Waals surface area (Å²) in [5.74, 6) is 0.452. The lowest BCUT2D eigenvalue weighted by Crippen LogP contribution is -2.42. The zero-order valence-corrected chi connectivity index (χ0v) is 18.5. The average Bonchev–Trinajstić information content (AvgIpc) is 3.29. The Labute approximate surface area is 187 Å². The molecular formula is C22H29N7O3. The predicted octanol–water partition coefficient (Wildman–Crippen LogP) is 2.89. The van der Waals surface area contributed by atoms with Crippen molar-refractivity contribution in [3.63, 3.8) is 0 Å². The number of amides is 1. The summed E-state index contributed by atoms with van der Waals surface area (Å²) in [6.45, 7) is 3.41. The smallest absolute Gasteiger partial charge is 0.336 e. The van der Waals surface area contributed by atoms with Crippen LogP contribution in [0.4, 0.5) is 5.82 Å². The van der Waals surface area contributed by atoms with Crippen molar-refractivity contribution < 1.29 is 14.3 Å². The van der Waals surface area contributed by atoms with Crippen molar-refractivity contribution in [2.45, 2.75) is 51.6 Å². The van der Waals surface area contributed by atoms with Crippen molar-refractivity contribution in [3.05, 3.63) is 35.2 Å². The van der Waals surface area contributed by atoms with Gasteiger partial charge in [0.1, 0.15) is 12.4 Å². The molecule has 170 valence electrons. The topological polar surface area (TPSA) is 123 Å². The molecule has 2 fully saturated rings. The number of nitrogens with one attached hydrogen (secondary N) is 2. The summed E-state index contributed by atoms with van der Waals surface area (Å²) in [5.41, 5.74) is 11.5. The number of ether oxygens (including phenoxy) is 1. The Morgan fingerprint density at radius 1 is 1.34 bits per heavy atom. The highest BCUT2D eigenvalue weighted by Gasteiger charge is 2.50. The number of nitrogens with zero attached hydrogens (tertiary/aromatic N) is 5. The number of anilines is 1. The molecule has 1 amide bonds. The van der Waals surface area contributed by atoms with Crippen LogP contribution in [0, 0.1) is 10.9 Å². The van der Waals surface area contributed by atoms with Crippen LogP contribution in [0.1, 0.15) is 44.6 Å². The van der Waals surface area contributed by atoms with Crippen molar-refractivity contribution in [2.75, 3.05) is 25.6 Å². The molecule has 3 heterocycles. The van der Waals surface area contributed by atoms with Crippen LogP contribution in [0.2, 0.25) is 0 Å². The number of hydrogen-bond donors (Lipinski definition) is 2.